The van der Waals surface area contributed by atoms with Crippen molar-refractivity contribution in [2.45, 2.75) is 20.4 Å². The van der Waals surface area contributed by atoms with E-state index in [1.165, 1.54) is 5.56 Å². The number of para-hydroxylation sites is 1. The zero-order valence-corrected chi connectivity index (χ0v) is 15.3. The van der Waals surface area contributed by atoms with Crippen LogP contribution < -0.4 is 5.32 Å². The number of amides is 1. The van der Waals surface area contributed by atoms with Gasteiger partial charge in [0.25, 0.3) is 0 Å². The average Bonchev–Trinajstić information content (AvgIpc) is 2.64. The first-order chi connectivity index (χ1) is 12.2. The lowest BCUT2D eigenvalue weighted by molar-refractivity contribution is -0.117. The lowest BCUT2D eigenvalue weighted by Gasteiger charge is -2.26. The van der Waals surface area contributed by atoms with Gasteiger partial charge in [0.2, 0.25) is 5.91 Å². The molecule has 0 unspecified atom stereocenters. The molecule has 0 spiro atoms. The van der Waals surface area contributed by atoms with Gasteiger partial charge in [-0.2, -0.15) is 0 Å². The lowest BCUT2D eigenvalue weighted by atomic mass is 10.2. The maximum Gasteiger partial charge on any atom is 0.238 e. The summed E-state index contributed by atoms with van der Waals surface area (Å²) in [4.78, 5) is 17.0. The third-order valence-corrected chi connectivity index (χ3v) is 4.30. The van der Waals surface area contributed by atoms with Crippen LogP contribution in [0.15, 0.2) is 60.7 Å². The van der Waals surface area contributed by atoms with E-state index in [2.05, 4.69) is 41.1 Å². The van der Waals surface area contributed by atoms with Crippen LogP contribution in [0.3, 0.4) is 0 Å². The number of hydrogen-bond acceptors (Lipinski definition) is 3. The molecule has 0 radical (unpaired) electrons. The molecule has 0 aliphatic heterocycles. The molecule has 0 atom stereocenters. The molecule has 25 heavy (non-hydrogen) atoms. The molecule has 2 aromatic rings. The molecule has 0 saturated carbocycles. The normalized spacial score (nSPS) is 11.0. The number of hydrogen-bond donors (Lipinski definition) is 1. The molecule has 2 aromatic carbocycles. The molecule has 0 saturated heterocycles. The van der Waals surface area contributed by atoms with Gasteiger partial charge in [-0.1, -0.05) is 62.4 Å². The molecule has 0 fully saturated rings. The molecule has 1 N–H and O–H groups in total. The van der Waals surface area contributed by atoms with Gasteiger partial charge >= 0.3 is 0 Å². The van der Waals surface area contributed by atoms with Crippen molar-refractivity contribution in [3.05, 3.63) is 66.2 Å². The molecular formula is C21H29N3O. The minimum absolute atomic E-state index is 0.0293. The smallest absolute Gasteiger partial charge is 0.238 e. The van der Waals surface area contributed by atoms with Gasteiger partial charge in [-0.25, -0.2) is 0 Å². The summed E-state index contributed by atoms with van der Waals surface area (Å²) in [5, 5.41) is 2.98. The predicted octanol–water partition coefficient (Wildman–Crippen LogP) is 3.47. The van der Waals surface area contributed by atoms with Crippen LogP contribution in [0.5, 0.6) is 0 Å². The van der Waals surface area contributed by atoms with E-state index in [-0.39, 0.29) is 5.91 Å². The van der Waals surface area contributed by atoms with E-state index in [4.69, 9.17) is 0 Å². The Labute approximate surface area is 151 Å². The average molecular weight is 339 g/mol. The first-order valence-corrected chi connectivity index (χ1v) is 9.04. The molecule has 0 aliphatic rings. The van der Waals surface area contributed by atoms with E-state index in [0.717, 1.165) is 38.4 Å². The second-order valence-corrected chi connectivity index (χ2v) is 6.14. The van der Waals surface area contributed by atoms with E-state index < -0.39 is 0 Å². The maximum atomic E-state index is 12.4. The van der Waals surface area contributed by atoms with Crippen molar-refractivity contribution in [1.82, 2.24) is 9.80 Å². The van der Waals surface area contributed by atoms with Crippen LogP contribution >= 0.6 is 0 Å². The molecule has 0 heterocycles. The summed E-state index contributed by atoms with van der Waals surface area (Å²) in [5.41, 5.74) is 2.07. The minimum atomic E-state index is 0.0293. The Bertz CT molecular complexity index is 612. The summed E-state index contributed by atoms with van der Waals surface area (Å²) in [7, 11) is 0. The molecule has 134 valence electrons. The Morgan fingerprint density at radius 1 is 0.840 bits per heavy atom. The Morgan fingerprint density at radius 3 is 2.00 bits per heavy atom. The highest BCUT2D eigenvalue weighted by molar-refractivity contribution is 5.92. The second kappa shape index (κ2) is 10.6. The number of benzene rings is 2. The monoisotopic (exact) mass is 339 g/mol. The van der Waals surface area contributed by atoms with E-state index >= 15 is 0 Å². The van der Waals surface area contributed by atoms with Gasteiger partial charge in [0, 0.05) is 25.3 Å². The van der Waals surface area contributed by atoms with Crippen LogP contribution in [-0.2, 0) is 11.3 Å². The Morgan fingerprint density at radius 2 is 1.40 bits per heavy atom. The van der Waals surface area contributed by atoms with E-state index in [1.54, 1.807) is 0 Å². The fourth-order valence-electron chi connectivity index (χ4n) is 2.80. The topological polar surface area (TPSA) is 35.6 Å². The minimum Gasteiger partial charge on any atom is -0.325 e. The van der Waals surface area contributed by atoms with Crippen LogP contribution in [0, 0.1) is 0 Å². The first kappa shape index (κ1) is 19.2. The SMILES string of the molecule is CCN(CC)CCN(CC(=O)Nc1ccccc1)Cc1ccccc1. The largest absolute Gasteiger partial charge is 0.325 e. The van der Waals surface area contributed by atoms with Crippen molar-refractivity contribution >= 4 is 11.6 Å². The summed E-state index contributed by atoms with van der Waals surface area (Å²) in [5.74, 6) is 0.0293. The fourth-order valence-corrected chi connectivity index (χ4v) is 2.80. The molecular weight excluding hydrogens is 310 g/mol. The summed E-state index contributed by atoms with van der Waals surface area (Å²) >= 11 is 0. The van der Waals surface area contributed by atoms with E-state index in [1.807, 2.05) is 48.5 Å². The van der Waals surface area contributed by atoms with Crippen molar-refractivity contribution in [1.29, 1.82) is 0 Å². The molecule has 0 aliphatic carbocycles. The molecule has 1 amide bonds. The van der Waals surface area contributed by atoms with E-state index in [9.17, 15) is 4.79 Å². The summed E-state index contributed by atoms with van der Waals surface area (Å²) < 4.78 is 0. The molecule has 4 nitrogen and oxygen atoms in total. The molecule has 0 bridgehead atoms. The lowest BCUT2D eigenvalue weighted by Crippen LogP contribution is -2.39. The van der Waals surface area contributed by atoms with Crippen molar-refractivity contribution < 1.29 is 4.79 Å². The Hall–Kier alpha value is -2.17. The van der Waals surface area contributed by atoms with Crippen LogP contribution in [0.2, 0.25) is 0 Å². The van der Waals surface area contributed by atoms with Gasteiger partial charge in [-0.3, -0.25) is 9.69 Å². The molecule has 0 aromatic heterocycles. The van der Waals surface area contributed by atoms with Crippen LogP contribution in [0.4, 0.5) is 5.69 Å². The third-order valence-electron chi connectivity index (χ3n) is 4.30. The Kier molecular flexibility index (Phi) is 8.16. The van der Waals surface area contributed by atoms with Crippen molar-refractivity contribution in [3.8, 4) is 0 Å². The van der Waals surface area contributed by atoms with Gasteiger partial charge in [-0.05, 0) is 30.8 Å². The predicted molar refractivity (Wildman–Crippen MR) is 105 cm³/mol. The van der Waals surface area contributed by atoms with E-state index in [0.29, 0.717) is 6.54 Å². The number of carbonyl (C=O) groups is 1. The van der Waals surface area contributed by atoms with Gasteiger partial charge in [-0.15, -0.1) is 0 Å². The summed E-state index contributed by atoms with van der Waals surface area (Å²) in [6, 6.07) is 20.0. The maximum absolute atomic E-state index is 12.4. The van der Waals surface area contributed by atoms with Crippen molar-refractivity contribution in [3.63, 3.8) is 0 Å². The quantitative estimate of drug-likeness (QED) is 0.720. The van der Waals surface area contributed by atoms with Crippen LogP contribution in [0.25, 0.3) is 0 Å². The standard InChI is InChI=1S/C21H29N3O/c1-3-23(4-2)15-16-24(17-19-11-7-5-8-12-19)18-21(25)22-20-13-9-6-10-14-20/h5-14H,3-4,15-18H2,1-2H3,(H,22,25). The number of nitrogens with zero attached hydrogens (tertiary/aromatic N) is 2. The number of anilines is 1. The first-order valence-electron chi connectivity index (χ1n) is 9.04. The Balaban J connectivity index is 1.96. The van der Waals surface area contributed by atoms with Gasteiger partial charge < -0.3 is 10.2 Å². The van der Waals surface area contributed by atoms with Crippen molar-refractivity contribution in [2.75, 3.05) is 38.0 Å². The summed E-state index contributed by atoms with van der Waals surface area (Å²) in [6.45, 7) is 9.44. The van der Waals surface area contributed by atoms with Gasteiger partial charge in [0.1, 0.15) is 0 Å². The van der Waals surface area contributed by atoms with Crippen LogP contribution in [0.1, 0.15) is 19.4 Å². The number of carbonyl (C=O) groups excluding carboxylic acids is 1. The number of nitrogens with one attached hydrogen (secondary N) is 1. The number of likely N-dealkylation sites (N-methyl/N-ethyl adjacent to an activating group) is 1. The highest BCUT2D eigenvalue weighted by atomic mass is 16.2. The highest BCUT2D eigenvalue weighted by Crippen LogP contribution is 2.08. The zero-order chi connectivity index (χ0) is 17.9. The van der Waals surface area contributed by atoms with Crippen LogP contribution in [-0.4, -0.2) is 48.4 Å². The van der Waals surface area contributed by atoms with Gasteiger partial charge in [0.05, 0.1) is 6.54 Å². The van der Waals surface area contributed by atoms with Crippen molar-refractivity contribution in [2.24, 2.45) is 0 Å². The second-order valence-electron chi connectivity index (χ2n) is 6.14. The fraction of sp³-hybridized carbons (Fsp3) is 0.381. The highest BCUT2D eigenvalue weighted by Gasteiger charge is 2.13. The third kappa shape index (κ3) is 7.08. The number of rotatable bonds is 10. The van der Waals surface area contributed by atoms with Gasteiger partial charge in [0.15, 0.2) is 0 Å². The zero-order valence-electron chi connectivity index (χ0n) is 15.3. The molecule has 2 rings (SSSR count). The molecule has 4 heteroatoms. The summed E-state index contributed by atoms with van der Waals surface area (Å²) in [6.07, 6.45) is 0.